The molecule has 0 radical (unpaired) electrons. The number of rotatable bonds is 6. The summed E-state index contributed by atoms with van der Waals surface area (Å²) in [6, 6.07) is 0.137. The van der Waals surface area contributed by atoms with Gasteiger partial charge in [0.2, 0.25) is 5.91 Å². The van der Waals surface area contributed by atoms with Crippen molar-refractivity contribution in [3.63, 3.8) is 0 Å². The maximum atomic E-state index is 12.9. The molecule has 1 aliphatic rings. The average Bonchev–Trinajstić information content (AvgIpc) is 2.41. The minimum absolute atomic E-state index is 0.0585. The van der Waals surface area contributed by atoms with Gasteiger partial charge in [-0.15, -0.1) is 0 Å². The monoisotopic (exact) mass is 286 g/mol. The molecule has 1 rings (SSSR count). The van der Waals surface area contributed by atoms with Crippen molar-refractivity contribution in [3.05, 3.63) is 0 Å². The second-order valence-corrected chi connectivity index (χ2v) is 5.75. The number of carbonyl (C=O) groups excluding carboxylic acids is 1. The van der Waals surface area contributed by atoms with Crippen LogP contribution in [-0.4, -0.2) is 40.1 Å². The number of aliphatic hydroxyl groups excluding tert-OH is 1. The number of hydrogen-bond acceptors (Lipinski definition) is 3. The van der Waals surface area contributed by atoms with Gasteiger partial charge in [0.25, 0.3) is 0 Å². The Kier molecular flexibility index (Phi) is 6.20. The van der Waals surface area contributed by atoms with Gasteiger partial charge in [-0.25, -0.2) is 0 Å². The molecule has 1 atom stereocenters. The highest BCUT2D eigenvalue weighted by atomic mass is 32.1. The molecule has 1 amide bonds. The van der Waals surface area contributed by atoms with E-state index in [1.807, 2.05) is 18.7 Å². The van der Waals surface area contributed by atoms with Gasteiger partial charge in [0.1, 0.15) is 0 Å². The highest BCUT2D eigenvalue weighted by Gasteiger charge is 2.43. The Hall–Kier alpha value is -0.680. The average molecular weight is 286 g/mol. The quantitative estimate of drug-likeness (QED) is 0.731. The Morgan fingerprint density at radius 3 is 2.53 bits per heavy atom. The lowest BCUT2D eigenvalue weighted by Crippen LogP contribution is -2.54. The van der Waals surface area contributed by atoms with Gasteiger partial charge in [-0.3, -0.25) is 4.79 Å². The molecule has 0 spiro atoms. The molecule has 1 unspecified atom stereocenters. The first-order chi connectivity index (χ1) is 9.03. The van der Waals surface area contributed by atoms with Crippen LogP contribution in [-0.2, 0) is 4.79 Å². The van der Waals surface area contributed by atoms with E-state index in [-0.39, 0.29) is 18.6 Å². The normalized spacial score (nSPS) is 20.4. The van der Waals surface area contributed by atoms with Crippen LogP contribution in [0.4, 0.5) is 0 Å². The summed E-state index contributed by atoms with van der Waals surface area (Å²) in [5.41, 5.74) is 5.15. The summed E-state index contributed by atoms with van der Waals surface area (Å²) in [5, 5.41) is 9.16. The molecule has 0 aromatic carbocycles. The third-order valence-electron chi connectivity index (χ3n) is 4.44. The van der Waals surface area contributed by atoms with Gasteiger partial charge in [-0.1, -0.05) is 26.1 Å². The Morgan fingerprint density at radius 1 is 1.42 bits per heavy atom. The molecule has 0 aromatic heterocycles. The standard InChI is InChI=1S/C14H26N2O2S/c1-3-14(4-2,12(15)19)13(18)16-9-6-5-7-11(16)8-10-17/h11,17H,3-10H2,1-2H3,(H2,15,19). The minimum atomic E-state index is -0.708. The molecule has 1 fully saturated rings. The van der Waals surface area contributed by atoms with Gasteiger partial charge >= 0.3 is 0 Å². The van der Waals surface area contributed by atoms with Crippen molar-refractivity contribution in [2.75, 3.05) is 13.2 Å². The van der Waals surface area contributed by atoms with Crippen LogP contribution < -0.4 is 5.73 Å². The molecule has 0 bridgehead atoms. The molecule has 4 nitrogen and oxygen atoms in total. The summed E-state index contributed by atoms with van der Waals surface area (Å²) in [7, 11) is 0. The van der Waals surface area contributed by atoms with E-state index in [1.165, 1.54) is 0 Å². The van der Waals surface area contributed by atoms with Crippen molar-refractivity contribution >= 4 is 23.1 Å². The van der Waals surface area contributed by atoms with E-state index in [2.05, 4.69) is 0 Å². The molecule has 0 saturated carbocycles. The van der Waals surface area contributed by atoms with Gasteiger partial charge in [-0.05, 0) is 38.5 Å². The number of nitrogens with zero attached hydrogens (tertiary/aromatic N) is 1. The third-order valence-corrected chi connectivity index (χ3v) is 4.83. The third kappa shape index (κ3) is 3.26. The first-order valence-electron chi connectivity index (χ1n) is 7.25. The smallest absolute Gasteiger partial charge is 0.235 e. The fourth-order valence-electron chi connectivity index (χ4n) is 3.00. The Balaban J connectivity index is 2.96. The summed E-state index contributed by atoms with van der Waals surface area (Å²) in [6.07, 6.45) is 5.03. The van der Waals surface area contributed by atoms with Gasteiger partial charge in [0.05, 0.1) is 10.4 Å². The van der Waals surface area contributed by atoms with E-state index in [9.17, 15) is 4.79 Å². The first-order valence-corrected chi connectivity index (χ1v) is 7.66. The summed E-state index contributed by atoms with van der Waals surface area (Å²) in [4.78, 5) is 15.1. The Bertz CT molecular complexity index is 327. The number of thiocarbonyl (C=S) groups is 1. The van der Waals surface area contributed by atoms with Crippen molar-refractivity contribution in [2.24, 2.45) is 11.1 Å². The zero-order valence-corrected chi connectivity index (χ0v) is 12.8. The molecule has 0 aliphatic carbocycles. The maximum Gasteiger partial charge on any atom is 0.235 e. The highest BCUT2D eigenvalue weighted by molar-refractivity contribution is 7.80. The maximum absolute atomic E-state index is 12.9. The topological polar surface area (TPSA) is 66.6 Å². The lowest BCUT2D eigenvalue weighted by atomic mass is 9.79. The largest absolute Gasteiger partial charge is 0.396 e. The number of carbonyl (C=O) groups is 1. The zero-order chi connectivity index (χ0) is 14.5. The summed E-state index contributed by atoms with van der Waals surface area (Å²) in [6.45, 7) is 4.80. The second kappa shape index (κ2) is 7.20. The van der Waals surface area contributed by atoms with Crippen molar-refractivity contribution in [3.8, 4) is 0 Å². The van der Waals surface area contributed by atoms with E-state index < -0.39 is 5.41 Å². The number of amides is 1. The molecule has 3 N–H and O–H groups in total. The number of likely N-dealkylation sites (tertiary alicyclic amines) is 1. The molecule has 110 valence electrons. The number of hydrogen-bond donors (Lipinski definition) is 2. The fourth-order valence-corrected chi connectivity index (χ4v) is 3.37. The number of nitrogens with two attached hydrogens (primary N) is 1. The molecule has 19 heavy (non-hydrogen) atoms. The number of aliphatic hydroxyl groups is 1. The van der Waals surface area contributed by atoms with Crippen LogP contribution in [0.1, 0.15) is 52.4 Å². The molecular formula is C14H26N2O2S. The van der Waals surface area contributed by atoms with E-state index in [0.29, 0.717) is 24.3 Å². The molecule has 1 saturated heterocycles. The van der Waals surface area contributed by atoms with Crippen LogP contribution >= 0.6 is 12.2 Å². The van der Waals surface area contributed by atoms with Crippen LogP contribution in [0.2, 0.25) is 0 Å². The van der Waals surface area contributed by atoms with E-state index in [0.717, 1.165) is 25.8 Å². The van der Waals surface area contributed by atoms with Crippen molar-refractivity contribution in [1.82, 2.24) is 4.90 Å². The fraction of sp³-hybridized carbons (Fsp3) is 0.857. The first kappa shape index (κ1) is 16.4. The van der Waals surface area contributed by atoms with Crippen molar-refractivity contribution < 1.29 is 9.90 Å². The molecule has 0 aromatic rings. The lowest BCUT2D eigenvalue weighted by Gasteiger charge is -2.42. The SMILES string of the molecule is CCC(CC)(C(=O)N1CCCCC1CCO)C(N)=S. The van der Waals surface area contributed by atoms with Gasteiger partial charge < -0.3 is 15.7 Å². The lowest BCUT2D eigenvalue weighted by molar-refractivity contribution is -0.142. The summed E-state index contributed by atoms with van der Waals surface area (Å²) < 4.78 is 0. The second-order valence-electron chi connectivity index (χ2n) is 5.31. The van der Waals surface area contributed by atoms with Crippen LogP contribution in [0, 0.1) is 5.41 Å². The van der Waals surface area contributed by atoms with Gasteiger partial charge in [0, 0.05) is 19.2 Å². The zero-order valence-electron chi connectivity index (χ0n) is 12.0. The van der Waals surface area contributed by atoms with Crippen molar-refractivity contribution in [1.29, 1.82) is 0 Å². The van der Waals surface area contributed by atoms with Gasteiger partial charge in [-0.2, -0.15) is 0 Å². The molecule has 1 aliphatic heterocycles. The Morgan fingerprint density at radius 2 is 2.05 bits per heavy atom. The predicted octanol–water partition coefficient (Wildman–Crippen LogP) is 1.84. The summed E-state index contributed by atoms with van der Waals surface area (Å²) >= 11 is 5.16. The number of piperidine rings is 1. The van der Waals surface area contributed by atoms with Crippen LogP contribution in [0.15, 0.2) is 0 Å². The van der Waals surface area contributed by atoms with Crippen LogP contribution in [0.5, 0.6) is 0 Å². The Labute approximate surface area is 121 Å². The van der Waals surface area contributed by atoms with Crippen LogP contribution in [0.3, 0.4) is 0 Å². The predicted molar refractivity (Wildman–Crippen MR) is 80.9 cm³/mol. The summed E-state index contributed by atoms with van der Waals surface area (Å²) in [5.74, 6) is 0.0585. The van der Waals surface area contributed by atoms with Crippen LogP contribution in [0.25, 0.3) is 0 Å². The molecule has 5 heteroatoms. The van der Waals surface area contributed by atoms with Crippen molar-refractivity contribution in [2.45, 2.75) is 58.4 Å². The van der Waals surface area contributed by atoms with E-state index in [4.69, 9.17) is 23.1 Å². The van der Waals surface area contributed by atoms with E-state index in [1.54, 1.807) is 0 Å². The van der Waals surface area contributed by atoms with E-state index >= 15 is 0 Å². The highest BCUT2D eigenvalue weighted by Crippen LogP contribution is 2.33. The molecular weight excluding hydrogens is 260 g/mol. The van der Waals surface area contributed by atoms with Gasteiger partial charge in [0.15, 0.2) is 0 Å². The minimum Gasteiger partial charge on any atom is -0.396 e. The molecule has 1 heterocycles.